The first-order valence-electron chi connectivity index (χ1n) is 9.78. The zero-order valence-corrected chi connectivity index (χ0v) is 16.8. The number of carbonyl (C=O) groups is 1. The van der Waals surface area contributed by atoms with Gasteiger partial charge in [0.05, 0.1) is 37.5 Å². The first kappa shape index (κ1) is 19.8. The summed E-state index contributed by atoms with van der Waals surface area (Å²) in [5.74, 6) is 0.982. The minimum atomic E-state index is -2.88. The van der Waals surface area contributed by atoms with Gasteiger partial charge < -0.3 is 14.2 Å². The molecule has 0 radical (unpaired) electrons. The van der Waals surface area contributed by atoms with Gasteiger partial charge in [0, 0.05) is 12.5 Å². The number of quaternary nitrogens is 1. The topological polar surface area (TPSA) is 72.0 Å². The minimum Gasteiger partial charge on any atom is -0.457 e. The van der Waals surface area contributed by atoms with Crippen LogP contribution in [-0.2, 0) is 14.6 Å². The second-order valence-corrected chi connectivity index (χ2v) is 9.83. The van der Waals surface area contributed by atoms with Gasteiger partial charge >= 0.3 is 0 Å². The Hall–Kier alpha value is -2.45. The fourth-order valence-electron chi connectivity index (χ4n) is 4.05. The van der Waals surface area contributed by atoms with Gasteiger partial charge in [-0.2, -0.15) is 0 Å². The van der Waals surface area contributed by atoms with E-state index >= 15 is 0 Å². The highest BCUT2D eigenvalue weighted by Crippen LogP contribution is 2.25. The molecule has 1 aromatic carbocycles. The molecule has 4 rings (SSSR count). The molecule has 0 unspecified atom stereocenters. The number of nitrogens with one attached hydrogen (secondary N) is 1. The Kier molecular flexibility index (Phi) is 5.56. The summed E-state index contributed by atoms with van der Waals surface area (Å²) in [6.07, 6.45) is 3.78. The highest BCUT2D eigenvalue weighted by atomic mass is 32.2. The number of rotatable bonds is 4. The van der Waals surface area contributed by atoms with E-state index in [9.17, 15) is 17.6 Å². The van der Waals surface area contributed by atoms with E-state index in [1.807, 2.05) is 0 Å². The van der Waals surface area contributed by atoms with E-state index in [2.05, 4.69) is 0 Å². The van der Waals surface area contributed by atoms with Crippen LogP contribution in [0.4, 0.5) is 4.39 Å². The van der Waals surface area contributed by atoms with E-state index in [-0.39, 0.29) is 29.3 Å². The number of hydrogen-bond donors (Lipinski definition) is 1. The molecule has 0 saturated carbocycles. The molecular weight excluding hydrogens is 395 g/mol. The number of nitrogens with zero attached hydrogens (tertiary/aromatic N) is 1. The summed E-state index contributed by atoms with van der Waals surface area (Å²) in [6, 6.07) is 9.92. The van der Waals surface area contributed by atoms with Gasteiger partial charge in [-0.25, -0.2) is 12.8 Å². The molecular formula is C21H24FN2O4S+. The monoisotopic (exact) mass is 419 g/mol. The number of halogens is 1. The van der Waals surface area contributed by atoms with Crippen LogP contribution in [0.2, 0.25) is 0 Å². The normalized spacial score (nSPS) is 22.4. The van der Waals surface area contributed by atoms with E-state index < -0.39 is 9.84 Å². The van der Waals surface area contributed by atoms with Crippen LogP contribution in [0.5, 0.6) is 0 Å². The summed E-state index contributed by atoms with van der Waals surface area (Å²) in [5.41, 5.74) is 0.381. The predicted molar refractivity (Wildman–Crippen MR) is 107 cm³/mol. The molecule has 6 nitrogen and oxygen atoms in total. The Bertz CT molecular complexity index is 1020. The number of sulfone groups is 1. The third-order valence-corrected chi connectivity index (χ3v) is 7.45. The van der Waals surface area contributed by atoms with Crippen molar-refractivity contribution in [3.8, 4) is 11.3 Å². The average molecular weight is 419 g/mol. The van der Waals surface area contributed by atoms with E-state index in [1.54, 1.807) is 41.3 Å². The Morgan fingerprint density at radius 2 is 1.93 bits per heavy atom. The van der Waals surface area contributed by atoms with Crippen molar-refractivity contribution < 1.29 is 26.9 Å². The van der Waals surface area contributed by atoms with E-state index in [0.717, 1.165) is 13.1 Å². The zero-order chi connectivity index (χ0) is 20.4. The number of amides is 1. The molecule has 2 fully saturated rings. The van der Waals surface area contributed by atoms with Crippen molar-refractivity contribution in [3.63, 3.8) is 0 Å². The molecule has 1 atom stereocenters. The second kappa shape index (κ2) is 8.12. The Morgan fingerprint density at radius 1 is 1.17 bits per heavy atom. The van der Waals surface area contributed by atoms with Gasteiger partial charge in [0.2, 0.25) is 5.91 Å². The zero-order valence-electron chi connectivity index (χ0n) is 16.0. The number of hydrogen-bond acceptors (Lipinski definition) is 4. The highest BCUT2D eigenvalue weighted by molar-refractivity contribution is 7.91. The summed E-state index contributed by atoms with van der Waals surface area (Å²) >= 11 is 0. The molecule has 0 spiro atoms. The smallest absolute Gasteiger partial charge is 0.247 e. The lowest BCUT2D eigenvalue weighted by Gasteiger charge is -2.34. The van der Waals surface area contributed by atoms with Gasteiger partial charge in [0.1, 0.15) is 29.1 Å². The van der Waals surface area contributed by atoms with Gasteiger partial charge in [-0.1, -0.05) is 12.1 Å². The van der Waals surface area contributed by atoms with Crippen LogP contribution in [0.3, 0.4) is 0 Å². The first-order valence-corrected chi connectivity index (χ1v) is 11.6. The number of piperazine rings is 1. The van der Waals surface area contributed by atoms with Crippen LogP contribution in [0.1, 0.15) is 12.2 Å². The molecule has 2 saturated heterocycles. The number of furan rings is 1. The number of benzene rings is 1. The quantitative estimate of drug-likeness (QED) is 0.751. The van der Waals surface area contributed by atoms with Crippen LogP contribution in [0.15, 0.2) is 46.9 Å². The summed E-state index contributed by atoms with van der Waals surface area (Å²) in [7, 11) is -2.88. The summed E-state index contributed by atoms with van der Waals surface area (Å²) in [5, 5.41) is 0. The molecule has 1 amide bonds. The Balaban J connectivity index is 1.32. The predicted octanol–water partition coefficient (Wildman–Crippen LogP) is 1.01. The first-order chi connectivity index (χ1) is 13.9. The SMILES string of the molecule is O=C(/C=C/c1ccc(-c2ccccc2F)o1)N1CC[NH+]([C@@H]2CCS(=O)(=O)C2)CC1. The van der Waals surface area contributed by atoms with Crippen molar-refractivity contribution in [2.45, 2.75) is 12.5 Å². The van der Waals surface area contributed by atoms with Crippen molar-refractivity contribution in [1.82, 2.24) is 4.90 Å². The summed E-state index contributed by atoms with van der Waals surface area (Å²) in [6.45, 7) is 2.73. The maximum Gasteiger partial charge on any atom is 0.247 e. The molecule has 29 heavy (non-hydrogen) atoms. The fourth-order valence-corrected chi connectivity index (χ4v) is 5.87. The lowest BCUT2D eigenvalue weighted by Crippen LogP contribution is -3.18. The maximum atomic E-state index is 13.9. The van der Waals surface area contributed by atoms with Crippen molar-refractivity contribution >= 4 is 21.8 Å². The second-order valence-electron chi connectivity index (χ2n) is 7.60. The van der Waals surface area contributed by atoms with Crippen LogP contribution >= 0.6 is 0 Å². The molecule has 1 aromatic heterocycles. The van der Waals surface area contributed by atoms with Gasteiger partial charge in [-0.05, 0) is 30.3 Å². The third kappa shape index (κ3) is 4.59. The molecule has 0 bridgehead atoms. The summed E-state index contributed by atoms with van der Waals surface area (Å²) in [4.78, 5) is 15.5. The lowest BCUT2D eigenvalue weighted by molar-refractivity contribution is -0.925. The standard InChI is InChI=1S/C21H23FN2O4S/c22-19-4-2-1-3-18(19)20-7-5-17(28-20)6-8-21(25)24-12-10-23(11-13-24)16-9-14-29(26,27)15-16/h1-8,16H,9-15H2/p+1/b8-6+/t16-/m1/s1. The molecule has 1 N–H and O–H groups in total. The van der Waals surface area contributed by atoms with Gasteiger partial charge in [0.15, 0.2) is 9.84 Å². The van der Waals surface area contributed by atoms with Crippen LogP contribution in [0, 0.1) is 5.82 Å². The van der Waals surface area contributed by atoms with Crippen molar-refractivity contribution in [2.24, 2.45) is 0 Å². The van der Waals surface area contributed by atoms with Gasteiger partial charge in [-0.3, -0.25) is 4.79 Å². The van der Waals surface area contributed by atoms with Gasteiger partial charge in [-0.15, -0.1) is 0 Å². The lowest BCUT2D eigenvalue weighted by atomic mass is 10.1. The van der Waals surface area contributed by atoms with Crippen molar-refractivity contribution in [1.29, 1.82) is 0 Å². The van der Waals surface area contributed by atoms with Gasteiger partial charge in [0.25, 0.3) is 0 Å². The van der Waals surface area contributed by atoms with Crippen LogP contribution < -0.4 is 4.90 Å². The number of carbonyl (C=O) groups excluding carboxylic acids is 1. The molecule has 2 aliphatic heterocycles. The van der Waals surface area contributed by atoms with Crippen molar-refractivity contribution in [3.05, 3.63) is 54.1 Å². The van der Waals surface area contributed by atoms with E-state index in [0.29, 0.717) is 36.6 Å². The van der Waals surface area contributed by atoms with E-state index in [1.165, 1.54) is 17.0 Å². The molecule has 154 valence electrons. The Labute approximate surface area is 169 Å². The molecule has 2 aromatic rings. The van der Waals surface area contributed by atoms with Crippen LogP contribution in [0.25, 0.3) is 17.4 Å². The molecule has 3 heterocycles. The van der Waals surface area contributed by atoms with Crippen molar-refractivity contribution in [2.75, 3.05) is 37.7 Å². The fraction of sp³-hybridized carbons (Fsp3) is 0.381. The largest absolute Gasteiger partial charge is 0.457 e. The maximum absolute atomic E-state index is 13.9. The highest BCUT2D eigenvalue weighted by Gasteiger charge is 2.37. The molecule has 0 aliphatic carbocycles. The van der Waals surface area contributed by atoms with E-state index in [4.69, 9.17) is 4.42 Å². The molecule has 2 aliphatic rings. The Morgan fingerprint density at radius 3 is 2.62 bits per heavy atom. The summed E-state index contributed by atoms with van der Waals surface area (Å²) < 4.78 is 42.8. The third-order valence-electron chi connectivity index (χ3n) is 5.68. The molecule has 8 heteroatoms. The minimum absolute atomic E-state index is 0.105. The van der Waals surface area contributed by atoms with Crippen LogP contribution in [-0.4, -0.2) is 63.0 Å². The average Bonchev–Trinajstić information content (AvgIpc) is 3.33.